The lowest BCUT2D eigenvalue weighted by Gasteiger charge is -2.32. The summed E-state index contributed by atoms with van der Waals surface area (Å²) in [6.07, 6.45) is 1.90. The van der Waals surface area contributed by atoms with E-state index in [1.807, 2.05) is 24.3 Å². The van der Waals surface area contributed by atoms with Crippen molar-refractivity contribution in [1.82, 2.24) is 4.90 Å². The fraction of sp³-hybridized carbons (Fsp3) is 0.400. The second-order valence-corrected chi connectivity index (χ2v) is 6.51. The van der Waals surface area contributed by atoms with Crippen molar-refractivity contribution in [2.24, 2.45) is 5.92 Å². The molecule has 1 saturated heterocycles. The van der Waals surface area contributed by atoms with Gasteiger partial charge in [0.25, 0.3) is 5.91 Å². The Labute approximate surface area is 152 Å². The Balaban J connectivity index is 1.59. The number of hydrogen-bond acceptors (Lipinski definition) is 5. The molecule has 1 amide bonds. The van der Waals surface area contributed by atoms with E-state index in [1.54, 1.807) is 18.9 Å². The van der Waals surface area contributed by atoms with Crippen molar-refractivity contribution in [2.75, 3.05) is 26.8 Å². The van der Waals surface area contributed by atoms with Gasteiger partial charge < -0.3 is 18.8 Å². The Morgan fingerprint density at radius 2 is 1.96 bits per heavy atom. The Hall–Kier alpha value is -2.76. The van der Waals surface area contributed by atoms with Crippen LogP contribution in [0.25, 0.3) is 0 Å². The highest BCUT2D eigenvalue weighted by molar-refractivity contribution is 5.91. The number of rotatable bonds is 5. The lowest BCUT2D eigenvalue weighted by atomic mass is 9.98. The molecule has 0 unspecified atom stereocenters. The van der Waals surface area contributed by atoms with Crippen LogP contribution in [0.3, 0.4) is 0 Å². The first-order chi connectivity index (χ1) is 12.5. The maximum Gasteiger partial charge on any atom is 0.289 e. The molecule has 1 atom stereocenters. The van der Waals surface area contributed by atoms with E-state index in [0.717, 1.165) is 24.3 Å². The third kappa shape index (κ3) is 4.45. The number of methoxy groups -OCH3 is 1. The molecule has 0 aliphatic carbocycles. The second-order valence-electron chi connectivity index (χ2n) is 6.51. The molecular weight excluding hydrogens is 334 g/mol. The van der Waals surface area contributed by atoms with Gasteiger partial charge in [0, 0.05) is 31.1 Å². The third-order valence-corrected chi connectivity index (χ3v) is 4.45. The third-order valence-electron chi connectivity index (χ3n) is 4.45. The van der Waals surface area contributed by atoms with Crippen molar-refractivity contribution >= 4 is 5.91 Å². The summed E-state index contributed by atoms with van der Waals surface area (Å²) in [6.45, 7) is 3.45. The summed E-state index contributed by atoms with van der Waals surface area (Å²) in [4.78, 5) is 26.0. The first-order valence-electron chi connectivity index (χ1n) is 8.73. The van der Waals surface area contributed by atoms with Crippen LogP contribution in [-0.2, 0) is 0 Å². The summed E-state index contributed by atoms with van der Waals surface area (Å²) >= 11 is 0. The fourth-order valence-corrected chi connectivity index (χ4v) is 3.14. The molecule has 3 rings (SSSR count). The Kier molecular flexibility index (Phi) is 5.61. The topological polar surface area (TPSA) is 69.0 Å². The quantitative estimate of drug-likeness (QED) is 0.823. The summed E-state index contributed by atoms with van der Waals surface area (Å²) < 4.78 is 16.4. The summed E-state index contributed by atoms with van der Waals surface area (Å²) in [5.74, 6) is 2.11. The monoisotopic (exact) mass is 357 g/mol. The number of aryl methyl sites for hydroxylation is 1. The van der Waals surface area contributed by atoms with Crippen molar-refractivity contribution in [2.45, 2.75) is 19.8 Å². The van der Waals surface area contributed by atoms with Crippen molar-refractivity contribution in [3.05, 3.63) is 58.1 Å². The molecule has 1 aliphatic rings. The van der Waals surface area contributed by atoms with Crippen LogP contribution >= 0.6 is 0 Å². The van der Waals surface area contributed by atoms with E-state index in [4.69, 9.17) is 13.9 Å². The maximum absolute atomic E-state index is 12.6. The molecule has 26 heavy (non-hydrogen) atoms. The lowest BCUT2D eigenvalue weighted by molar-refractivity contribution is 0.0598. The fourth-order valence-electron chi connectivity index (χ4n) is 3.14. The SMILES string of the molecule is COc1ccc(OC[C@H]2CCCN(C(=O)c3cc(=O)cc(C)o3)C2)cc1. The zero-order valence-corrected chi connectivity index (χ0v) is 15.1. The smallest absolute Gasteiger partial charge is 0.289 e. The largest absolute Gasteiger partial charge is 0.497 e. The van der Waals surface area contributed by atoms with Gasteiger partial charge in [0.15, 0.2) is 11.2 Å². The number of amides is 1. The summed E-state index contributed by atoms with van der Waals surface area (Å²) in [5.41, 5.74) is -0.214. The number of carbonyl (C=O) groups excluding carboxylic acids is 1. The van der Waals surface area contributed by atoms with Gasteiger partial charge >= 0.3 is 0 Å². The molecule has 138 valence electrons. The number of ether oxygens (including phenoxy) is 2. The molecule has 0 spiro atoms. The standard InChI is InChI=1S/C20H23NO5/c1-14-10-16(22)11-19(26-14)20(23)21-9-3-4-15(12-21)13-25-18-7-5-17(24-2)6-8-18/h5-8,10-11,15H,3-4,9,12-13H2,1-2H3/t15-/m0/s1. The zero-order chi connectivity index (χ0) is 18.5. The van der Waals surface area contributed by atoms with Gasteiger partial charge in [-0.2, -0.15) is 0 Å². The van der Waals surface area contributed by atoms with Crippen LogP contribution in [0.2, 0.25) is 0 Å². The Bertz CT molecular complexity index is 812. The molecule has 1 fully saturated rings. The summed E-state index contributed by atoms with van der Waals surface area (Å²) in [6, 6.07) is 10.1. The van der Waals surface area contributed by atoms with Crippen molar-refractivity contribution in [3.8, 4) is 11.5 Å². The van der Waals surface area contributed by atoms with Crippen LogP contribution in [0.4, 0.5) is 0 Å². The number of carbonyl (C=O) groups is 1. The number of hydrogen-bond donors (Lipinski definition) is 0. The van der Waals surface area contributed by atoms with E-state index in [-0.39, 0.29) is 23.0 Å². The lowest BCUT2D eigenvalue weighted by Crippen LogP contribution is -2.41. The first kappa shape index (κ1) is 18.0. The first-order valence-corrected chi connectivity index (χ1v) is 8.73. The van der Waals surface area contributed by atoms with E-state index >= 15 is 0 Å². The van der Waals surface area contributed by atoms with Gasteiger partial charge in [-0.1, -0.05) is 0 Å². The second kappa shape index (κ2) is 8.08. The van der Waals surface area contributed by atoms with Gasteiger partial charge in [0.2, 0.25) is 0 Å². The van der Waals surface area contributed by atoms with Crippen LogP contribution in [0.1, 0.15) is 29.2 Å². The molecule has 2 heterocycles. The normalized spacial score (nSPS) is 17.0. The average Bonchev–Trinajstić information content (AvgIpc) is 2.65. The molecule has 1 aromatic heterocycles. The number of benzene rings is 1. The highest BCUT2D eigenvalue weighted by Gasteiger charge is 2.26. The van der Waals surface area contributed by atoms with E-state index in [1.165, 1.54) is 12.1 Å². The van der Waals surface area contributed by atoms with Gasteiger partial charge in [-0.25, -0.2) is 0 Å². The molecular formula is C20H23NO5. The van der Waals surface area contributed by atoms with Gasteiger partial charge in [-0.3, -0.25) is 9.59 Å². The van der Waals surface area contributed by atoms with Crippen LogP contribution in [0.15, 0.2) is 45.6 Å². The van der Waals surface area contributed by atoms with E-state index in [0.29, 0.717) is 25.5 Å². The molecule has 0 radical (unpaired) electrons. The highest BCUT2D eigenvalue weighted by Crippen LogP contribution is 2.22. The summed E-state index contributed by atoms with van der Waals surface area (Å²) in [7, 11) is 1.62. The van der Waals surface area contributed by atoms with Gasteiger partial charge in [-0.05, 0) is 44.0 Å². The molecule has 1 aromatic carbocycles. The van der Waals surface area contributed by atoms with E-state index in [2.05, 4.69) is 0 Å². The highest BCUT2D eigenvalue weighted by atomic mass is 16.5. The summed E-state index contributed by atoms with van der Waals surface area (Å²) in [5, 5.41) is 0. The van der Waals surface area contributed by atoms with Crippen molar-refractivity contribution in [1.29, 1.82) is 0 Å². The predicted molar refractivity (Wildman–Crippen MR) is 96.8 cm³/mol. The molecule has 2 aromatic rings. The molecule has 6 nitrogen and oxygen atoms in total. The Morgan fingerprint density at radius 3 is 2.65 bits per heavy atom. The van der Waals surface area contributed by atoms with Crippen molar-refractivity contribution < 1.29 is 18.7 Å². The zero-order valence-electron chi connectivity index (χ0n) is 15.1. The average molecular weight is 357 g/mol. The number of likely N-dealkylation sites (tertiary alicyclic amines) is 1. The van der Waals surface area contributed by atoms with Gasteiger partial charge in [0.1, 0.15) is 17.3 Å². The molecule has 0 N–H and O–H groups in total. The van der Waals surface area contributed by atoms with E-state index < -0.39 is 0 Å². The minimum absolute atomic E-state index is 0.103. The Morgan fingerprint density at radius 1 is 1.23 bits per heavy atom. The molecule has 1 aliphatic heterocycles. The van der Waals surface area contributed by atoms with Crippen molar-refractivity contribution in [3.63, 3.8) is 0 Å². The number of nitrogens with zero attached hydrogens (tertiary/aromatic N) is 1. The van der Waals surface area contributed by atoms with Gasteiger partial charge in [-0.15, -0.1) is 0 Å². The number of piperidine rings is 1. The van der Waals surface area contributed by atoms with Crippen LogP contribution in [0, 0.1) is 12.8 Å². The molecule has 6 heteroatoms. The van der Waals surface area contributed by atoms with Crippen LogP contribution < -0.4 is 14.9 Å². The van der Waals surface area contributed by atoms with Crippen LogP contribution in [0.5, 0.6) is 11.5 Å². The maximum atomic E-state index is 12.6. The predicted octanol–water partition coefficient (Wildman–Crippen LogP) is 2.89. The minimum Gasteiger partial charge on any atom is -0.497 e. The minimum atomic E-state index is -0.236. The molecule has 0 saturated carbocycles. The van der Waals surface area contributed by atoms with Gasteiger partial charge in [0.05, 0.1) is 13.7 Å². The molecule has 0 bridgehead atoms. The van der Waals surface area contributed by atoms with Crippen LogP contribution in [-0.4, -0.2) is 37.6 Å². The van der Waals surface area contributed by atoms with E-state index in [9.17, 15) is 9.59 Å².